The number of alkyl halides is 3. The number of nitrogens with two attached hydrogens (primary N) is 1. The van der Waals surface area contributed by atoms with Crippen molar-refractivity contribution in [2.24, 2.45) is 5.73 Å². The molecule has 0 bridgehead atoms. The summed E-state index contributed by atoms with van der Waals surface area (Å²) in [4.78, 5) is 34.1. The molecule has 194 valence electrons. The topological polar surface area (TPSA) is 130 Å². The quantitative estimate of drug-likeness (QED) is 0.469. The molecular weight excluding hydrogens is 501 g/mol. The molecule has 4 N–H and O–H groups in total. The minimum atomic E-state index is -4.43. The summed E-state index contributed by atoms with van der Waals surface area (Å²) in [6, 6.07) is 9.88. The van der Waals surface area contributed by atoms with E-state index in [1.54, 1.807) is 24.3 Å². The zero-order valence-corrected chi connectivity index (χ0v) is 20.0. The van der Waals surface area contributed by atoms with Crippen LogP contribution in [0.3, 0.4) is 0 Å². The summed E-state index contributed by atoms with van der Waals surface area (Å²) in [5, 5.41) is 17.5. The van der Waals surface area contributed by atoms with Crippen molar-refractivity contribution in [3.63, 3.8) is 0 Å². The zero-order chi connectivity index (χ0) is 27.0. The molecule has 8 nitrogen and oxygen atoms in total. The van der Waals surface area contributed by atoms with Crippen LogP contribution >= 0.6 is 12.2 Å². The number of likely N-dealkylation sites (tertiary alicyclic amines) is 1. The van der Waals surface area contributed by atoms with Gasteiger partial charge in [0.15, 0.2) is 0 Å². The summed E-state index contributed by atoms with van der Waals surface area (Å²) in [7, 11) is 0. The Morgan fingerprint density at radius 2 is 1.75 bits per heavy atom. The molecule has 2 aromatic carbocycles. The number of halogens is 3. The van der Waals surface area contributed by atoms with Crippen LogP contribution in [0.25, 0.3) is 0 Å². The standard InChI is InChI=1S/C17H16F3NO3.C7H9NO3S/c18-17(19,20)14-4-2-1-3-12(14)10-24-13-7-5-11(6-8-13)9-15(21)16(22)23;1-4(9)8-3-5(12)2-6(8)7(10)11/h1-8,15H,9-10,21H2,(H,22,23);6H,2-3H2,1H3,(H,10,11)/t15-;6-/m00/s1. The van der Waals surface area contributed by atoms with Gasteiger partial charge in [0.25, 0.3) is 0 Å². The minimum Gasteiger partial charge on any atom is -0.489 e. The number of amides is 1. The Bertz CT molecular complexity index is 1080. The molecule has 0 unspecified atom stereocenters. The Morgan fingerprint density at radius 3 is 2.25 bits per heavy atom. The lowest BCUT2D eigenvalue weighted by Gasteiger charge is -2.18. The number of carboxylic acids is 2. The molecular formula is C24H25F3N2O6S. The van der Waals surface area contributed by atoms with Crippen molar-refractivity contribution in [1.82, 2.24) is 4.90 Å². The SMILES string of the molecule is CC(=O)N1CC(=S)C[C@H]1C(=O)O.N[C@@H](Cc1ccc(OCc2ccccc2C(F)(F)F)cc1)C(=O)O. The number of benzene rings is 2. The van der Waals surface area contributed by atoms with Crippen molar-refractivity contribution in [3.8, 4) is 5.75 Å². The first kappa shape index (κ1) is 28.7. The van der Waals surface area contributed by atoms with Crippen LogP contribution in [0.1, 0.15) is 30.0 Å². The first-order valence-electron chi connectivity index (χ1n) is 10.7. The average Bonchev–Trinajstić information content (AvgIpc) is 3.21. The molecule has 2 atom stereocenters. The number of carbonyl (C=O) groups is 3. The molecule has 12 heteroatoms. The molecule has 1 heterocycles. The van der Waals surface area contributed by atoms with Crippen molar-refractivity contribution in [1.29, 1.82) is 0 Å². The second-order valence-corrected chi connectivity index (χ2v) is 8.56. The number of hydrogen-bond acceptors (Lipinski definition) is 6. The number of ether oxygens (including phenoxy) is 1. The third-order valence-corrected chi connectivity index (χ3v) is 5.54. The number of hydrogen-bond donors (Lipinski definition) is 3. The van der Waals surface area contributed by atoms with Gasteiger partial charge in [-0.2, -0.15) is 13.2 Å². The molecule has 0 radical (unpaired) electrons. The highest BCUT2D eigenvalue weighted by atomic mass is 32.1. The number of thiocarbonyl (C=S) groups is 1. The van der Waals surface area contributed by atoms with E-state index in [9.17, 15) is 27.6 Å². The van der Waals surface area contributed by atoms with Crippen LogP contribution in [-0.2, 0) is 33.6 Å². The van der Waals surface area contributed by atoms with Crippen molar-refractivity contribution in [2.75, 3.05) is 6.54 Å². The molecule has 1 amide bonds. The van der Waals surface area contributed by atoms with Crippen molar-refractivity contribution >= 4 is 34.9 Å². The van der Waals surface area contributed by atoms with Crippen molar-refractivity contribution < 1.29 is 42.5 Å². The maximum atomic E-state index is 12.9. The lowest BCUT2D eigenvalue weighted by Crippen LogP contribution is -2.39. The van der Waals surface area contributed by atoms with Gasteiger partial charge in [0, 0.05) is 23.8 Å². The van der Waals surface area contributed by atoms with Gasteiger partial charge in [-0.3, -0.25) is 9.59 Å². The Kier molecular flexibility index (Phi) is 9.93. The van der Waals surface area contributed by atoms with Crippen LogP contribution in [0.5, 0.6) is 5.75 Å². The zero-order valence-electron chi connectivity index (χ0n) is 19.2. The van der Waals surface area contributed by atoms with Gasteiger partial charge in [0.2, 0.25) is 5.91 Å². The van der Waals surface area contributed by atoms with E-state index in [0.29, 0.717) is 29.1 Å². The highest BCUT2D eigenvalue weighted by Gasteiger charge is 2.35. The lowest BCUT2D eigenvalue weighted by atomic mass is 10.1. The van der Waals surface area contributed by atoms with Crippen molar-refractivity contribution in [3.05, 3.63) is 65.2 Å². The smallest absolute Gasteiger partial charge is 0.416 e. The highest BCUT2D eigenvalue weighted by Crippen LogP contribution is 2.32. The normalized spacial score (nSPS) is 16.1. The van der Waals surface area contributed by atoms with Gasteiger partial charge in [-0.25, -0.2) is 4.79 Å². The Balaban J connectivity index is 0.000000319. The second kappa shape index (κ2) is 12.5. The first-order chi connectivity index (χ1) is 16.8. The van der Waals surface area contributed by atoms with Gasteiger partial charge in [-0.1, -0.05) is 42.5 Å². The van der Waals surface area contributed by atoms with Gasteiger partial charge in [0.1, 0.15) is 24.4 Å². The molecule has 0 aliphatic carbocycles. The monoisotopic (exact) mass is 526 g/mol. The van der Waals surface area contributed by atoms with E-state index in [2.05, 4.69) is 0 Å². The molecule has 0 saturated carbocycles. The summed E-state index contributed by atoms with van der Waals surface area (Å²) in [6.07, 6.45) is -3.96. The molecule has 0 aromatic heterocycles. The van der Waals surface area contributed by atoms with Crippen molar-refractivity contribution in [2.45, 2.75) is 44.6 Å². The molecule has 1 aliphatic rings. The lowest BCUT2D eigenvalue weighted by molar-refractivity contribution is -0.147. The number of rotatable bonds is 7. The second-order valence-electron chi connectivity index (χ2n) is 7.98. The molecule has 1 saturated heterocycles. The summed E-state index contributed by atoms with van der Waals surface area (Å²) in [5.74, 6) is -1.92. The molecule has 2 aromatic rings. The van der Waals surface area contributed by atoms with Gasteiger partial charge in [0.05, 0.1) is 12.1 Å². The molecule has 36 heavy (non-hydrogen) atoms. The Morgan fingerprint density at radius 1 is 1.14 bits per heavy atom. The van der Waals surface area contributed by atoms with Gasteiger partial charge in [-0.05, 0) is 30.2 Å². The predicted molar refractivity (Wildman–Crippen MR) is 128 cm³/mol. The van der Waals surface area contributed by atoms with Gasteiger partial charge >= 0.3 is 18.1 Å². The largest absolute Gasteiger partial charge is 0.489 e. The number of aliphatic carboxylic acids is 2. The molecule has 3 rings (SSSR count). The Labute approximate surface area is 210 Å². The van der Waals surface area contributed by atoms with E-state index < -0.39 is 35.8 Å². The van der Waals surface area contributed by atoms with Crippen LogP contribution in [0.4, 0.5) is 13.2 Å². The third kappa shape index (κ3) is 8.31. The number of carbonyl (C=O) groups excluding carboxylic acids is 1. The molecule has 0 spiro atoms. The van der Waals surface area contributed by atoms with Crippen LogP contribution in [0.15, 0.2) is 48.5 Å². The average molecular weight is 527 g/mol. The fraction of sp³-hybridized carbons (Fsp3) is 0.333. The van der Waals surface area contributed by atoms with E-state index in [0.717, 1.165) is 6.07 Å². The van der Waals surface area contributed by atoms with Crippen LogP contribution in [-0.4, -0.2) is 56.5 Å². The minimum absolute atomic E-state index is 0.0435. The van der Waals surface area contributed by atoms with E-state index in [-0.39, 0.29) is 24.5 Å². The van der Waals surface area contributed by atoms with Gasteiger partial charge in [-0.15, -0.1) is 0 Å². The van der Waals surface area contributed by atoms with E-state index in [4.69, 9.17) is 32.9 Å². The third-order valence-electron chi connectivity index (χ3n) is 5.25. The summed E-state index contributed by atoms with van der Waals surface area (Å²) >= 11 is 4.85. The van der Waals surface area contributed by atoms with Crippen LogP contribution in [0, 0.1) is 0 Å². The van der Waals surface area contributed by atoms with E-state index in [1.807, 2.05) is 0 Å². The van der Waals surface area contributed by atoms with Gasteiger partial charge < -0.3 is 25.6 Å². The maximum absolute atomic E-state index is 12.9. The molecule has 1 aliphatic heterocycles. The Hall–Kier alpha value is -3.51. The molecule has 1 fully saturated rings. The fourth-order valence-corrected chi connectivity index (χ4v) is 3.69. The summed E-state index contributed by atoms with van der Waals surface area (Å²) in [6.45, 7) is 1.44. The summed E-state index contributed by atoms with van der Waals surface area (Å²) in [5.41, 5.74) is 5.46. The summed E-state index contributed by atoms with van der Waals surface area (Å²) < 4.78 is 44.1. The first-order valence-corrected chi connectivity index (χ1v) is 11.1. The van der Waals surface area contributed by atoms with Crippen LogP contribution in [0.2, 0.25) is 0 Å². The number of nitrogens with zero attached hydrogens (tertiary/aromatic N) is 1. The maximum Gasteiger partial charge on any atom is 0.416 e. The number of carboxylic acid groups (broad SMARTS) is 2. The fourth-order valence-electron chi connectivity index (χ4n) is 3.39. The van der Waals surface area contributed by atoms with Crippen LogP contribution < -0.4 is 10.5 Å². The van der Waals surface area contributed by atoms with E-state index >= 15 is 0 Å². The van der Waals surface area contributed by atoms with E-state index in [1.165, 1.54) is 30.0 Å². The predicted octanol–water partition coefficient (Wildman–Crippen LogP) is 3.30. The highest BCUT2D eigenvalue weighted by molar-refractivity contribution is 7.80.